The van der Waals surface area contributed by atoms with E-state index in [1.165, 1.54) is 60.7 Å². The van der Waals surface area contributed by atoms with Crippen molar-refractivity contribution in [2.45, 2.75) is 65.2 Å². The van der Waals surface area contributed by atoms with E-state index in [9.17, 15) is 38.4 Å². The molecule has 1 aliphatic carbocycles. The molecule has 0 unspecified atom stereocenters. The predicted octanol–water partition coefficient (Wildman–Crippen LogP) is 8.61. The molecule has 0 aromatic heterocycles. The standard InChI is InChI=1S/C58H64O20/c1-5-51(59)71-31-11-9-29-69-43-21-17-41(18-22-43)55(63)77-49-27-25-45(37-47(49)57(65)73-35-33-67-7-3)75-53(61)39-13-15-40(16-14-39)54(62)76-46-26-28-50(48(38-46)58(66)74-36-34-68-8-4)78-56(64)42-19-23-44(24-20-42)70-30-10-12-32-72-52(60)6-2/h5-6,17-28,37-40H,1-2,7-16,29-36H2,3-4H3. The van der Waals surface area contributed by atoms with Crippen molar-refractivity contribution in [1.29, 1.82) is 0 Å². The first kappa shape index (κ1) is 60.5. The molecule has 0 bridgehead atoms. The zero-order valence-electron chi connectivity index (χ0n) is 43.7. The Morgan fingerprint density at radius 2 is 0.782 bits per heavy atom. The van der Waals surface area contributed by atoms with Gasteiger partial charge in [0.15, 0.2) is 0 Å². The number of esters is 8. The van der Waals surface area contributed by atoms with Crippen LogP contribution in [0.15, 0.2) is 110 Å². The Balaban J connectivity index is 1.16. The predicted molar refractivity (Wildman–Crippen MR) is 278 cm³/mol. The van der Waals surface area contributed by atoms with E-state index in [0.717, 1.165) is 12.2 Å². The van der Waals surface area contributed by atoms with E-state index in [1.807, 2.05) is 0 Å². The van der Waals surface area contributed by atoms with Crippen LogP contribution in [0.25, 0.3) is 0 Å². The van der Waals surface area contributed by atoms with Crippen LogP contribution in [0.1, 0.15) is 107 Å². The maximum atomic E-state index is 13.5. The highest BCUT2D eigenvalue weighted by molar-refractivity contribution is 5.98. The van der Waals surface area contributed by atoms with Gasteiger partial charge in [0.25, 0.3) is 0 Å². The van der Waals surface area contributed by atoms with Crippen LogP contribution in [-0.4, -0.2) is 114 Å². The van der Waals surface area contributed by atoms with Crippen molar-refractivity contribution in [3.8, 4) is 34.5 Å². The first-order chi connectivity index (χ1) is 37.8. The van der Waals surface area contributed by atoms with Gasteiger partial charge in [0, 0.05) is 25.4 Å². The van der Waals surface area contributed by atoms with Crippen molar-refractivity contribution in [2.75, 3.05) is 66.1 Å². The Morgan fingerprint density at radius 1 is 0.423 bits per heavy atom. The molecule has 1 aliphatic rings. The molecule has 0 atom stereocenters. The molecule has 20 nitrogen and oxygen atoms in total. The van der Waals surface area contributed by atoms with E-state index >= 15 is 0 Å². The Bertz CT molecular complexity index is 2490. The monoisotopic (exact) mass is 1080 g/mol. The van der Waals surface area contributed by atoms with E-state index in [4.69, 9.17) is 56.8 Å². The minimum Gasteiger partial charge on any atom is -0.494 e. The van der Waals surface area contributed by atoms with Crippen LogP contribution < -0.4 is 28.4 Å². The van der Waals surface area contributed by atoms with Crippen molar-refractivity contribution in [1.82, 2.24) is 0 Å². The minimum absolute atomic E-state index is 0.0161. The average Bonchev–Trinajstić information content (AvgIpc) is 3.46. The second-order valence-electron chi connectivity index (χ2n) is 17.1. The fourth-order valence-electron chi connectivity index (χ4n) is 7.38. The van der Waals surface area contributed by atoms with Crippen molar-refractivity contribution in [3.63, 3.8) is 0 Å². The summed E-state index contributed by atoms with van der Waals surface area (Å²) in [5.41, 5.74) is -0.0589. The number of unbranched alkanes of at least 4 members (excludes halogenated alkanes) is 2. The molecule has 0 aliphatic heterocycles. The van der Waals surface area contributed by atoms with Gasteiger partial charge in [0.2, 0.25) is 0 Å². The normalized spacial score (nSPS) is 13.6. The van der Waals surface area contributed by atoms with Gasteiger partial charge < -0.3 is 56.8 Å². The van der Waals surface area contributed by atoms with Gasteiger partial charge in [-0.3, -0.25) is 9.59 Å². The van der Waals surface area contributed by atoms with Gasteiger partial charge in [-0.1, -0.05) is 13.2 Å². The Labute approximate surface area is 451 Å². The number of carbonyl (C=O) groups excluding carboxylic acids is 8. The molecule has 0 amide bonds. The van der Waals surface area contributed by atoms with Gasteiger partial charge in [-0.25, -0.2) is 28.8 Å². The van der Waals surface area contributed by atoms with Crippen molar-refractivity contribution in [2.24, 2.45) is 11.8 Å². The van der Waals surface area contributed by atoms with Crippen LogP contribution in [0, 0.1) is 11.8 Å². The Kier molecular flexibility index (Phi) is 25.6. The lowest BCUT2D eigenvalue weighted by Gasteiger charge is -2.26. The summed E-state index contributed by atoms with van der Waals surface area (Å²) in [6.07, 6.45) is 5.61. The summed E-state index contributed by atoms with van der Waals surface area (Å²) in [7, 11) is 0. The number of ether oxygens (including phenoxy) is 12. The van der Waals surface area contributed by atoms with E-state index in [2.05, 4.69) is 13.2 Å². The molecule has 0 heterocycles. The molecule has 1 fully saturated rings. The number of hydrogen-bond donors (Lipinski definition) is 0. The first-order valence-electron chi connectivity index (χ1n) is 25.5. The van der Waals surface area contributed by atoms with Crippen molar-refractivity contribution >= 4 is 47.8 Å². The molecule has 416 valence electrons. The summed E-state index contributed by atoms with van der Waals surface area (Å²) in [6.45, 7) is 12.3. The maximum absolute atomic E-state index is 13.5. The lowest BCUT2D eigenvalue weighted by Crippen LogP contribution is -2.30. The summed E-state index contributed by atoms with van der Waals surface area (Å²) in [5, 5.41) is 0. The first-order valence-corrected chi connectivity index (χ1v) is 25.5. The van der Waals surface area contributed by atoms with Crippen molar-refractivity contribution < 1.29 is 95.2 Å². The topological polar surface area (TPSA) is 247 Å². The van der Waals surface area contributed by atoms with E-state index in [0.29, 0.717) is 63.6 Å². The van der Waals surface area contributed by atoms with Crippen LogP contribution in [0.3, 0.4) is 0 Å². The van der Waals surface area contributed by atoms with Crippen molar-refractivity contribution in [3.05, 3.63) is 132 Å². The molecule has 0 radical (unpaired) electrons. The second kappa shape index (κ2) is 32.9. The average molecular weight is 1080 g/mol. The van der Waals surface area contributed by atoms with E-state index in [-0.39, 0.29) is 111 Å². The zero-order chi connectivity index (χ0) is 56.1. The minimum atomic E-state index is -0.858. The van der Waals surface area contributed by atoms with Gasteiger partial charge in [-0.2, -0.15) is 0 Å². The van der Waals surface area contributed by atoms with Gasteiger partial charge in [0.05, 0.1) is 62.6 Å². The van der Waals surface area contributed by atoms with Crippen LogP contribution in [0.5, 0.6) is 34.5 Å². The molecule has 5 rings (SSSR count). The third-order valence-corrected chi connectivity index (χ3v) is 11.5. The summed E-state index contributed by atoms with van der Waals surface area (Å²) < 4.78 is 65.3. The Hall–Kier alpha value is -8.36. The molecule has 0 spiro atoms. The molecule has 78 heavy (non-hydrogen) atoms. The maximum Gasteiger partial charge on any atom is 0.343 e. The highest BCUT2D eigenvalue weighted by Crippen LogP contribution is 2.34. The highest BCUT2D eigenvalue weighted by Gasteiger charge is 2.33. The zero-order valence-corrected chi connectivity index (χ0v) is 43.7. The largest absolute Gasteiger partial charge is 0.494 e. The molecule has 0 saturated heterocycles. The molecular formula is C58H64O20. The fourth-order valence-corrected chi connectivity index (χ4v) is 7.38. The molecular weight excluding hydrogens is 1020 g/mol. The van der Waals surface area contributed by atoms with Crippen LogP contribution in [-0.2, 0) is 47.6 Å². The third-order valence-electron chi connectivity index (χ3n) is 11.5. The summed E-state index contributed by atoms with van der Waals surface area (Å²) in [4.78, 5) is 103. The molecule has 20 heteroatoms. The fraction of sp³-hybridized carbons (Fsp3) is 0.379. The molecule has 4 aromatic rings. The smallest absolute Gasteiger partial charge is 0.343 e. The van der Waals surface area contributed by atoms with E-state index in [1.54, 1.807) is 38.1 Å². The molecule has 4 aromatic carbocycles. The summed E-state index contributed by atoms with van der Waals surface area (Å²) in [6, 6.07) is 20.2. The number of rotatable bonds is 32. The number of hydrogen-bond acceptors (Lipinski definition) is 20. The van der Waals surface area contributed by atoms with Gasteiger partial charge in [0.1, 0.15) is 58.8 Å². The lowest BCUT2D eigenvalue weighted by atomic mass is 9.82. The van der Waals surface area contributed by atoms with E-state index < -0.39 is 59.6 Å². The number of carbonyl (C=O) groups is 8. The second-order valence-corrected chi connectivity index (χ2v) is 17.1. The highest BCUT2D eigenvalue weighted by atomic mass is 16.6. The van der Waals surface area contributed by atoms with Gasteiger partial charge in [-0.05, 0) is 150 Å². The quantitative estimate of drug-likeness (QED) is 0.0146. The molecule has 1 saturated carbocycles. The SMILES string of the molecule is C=CC(=O)OCCCCOc1ccc(C(=O)Oc2ccc(OC(=O)C3CCC(C(=O)Oc4ccc(OC(=O)c5ccc(OCCCCOC(=O)C=C)cc5)c(C(=O)OCCOCC)c4)CC3)cc2C(=O)OCCOCC)cc1. The number of benzene rings is 4. The van der Waals surface area contributed by atoms with Crippen LogP contribution in [0.4, 0.5) is 0 Å². The van der Waals surface area contributed by atoms with Crippen LogP contribution in [0.2, 0.25) is 0 Å². The van der Waals surface area contributed by atoms with Gasteiger partial charge >= 0.3 is 47.8 Å². The third kappa shape index (κ3) is 20.3. The Morgan fingerprint density at radius 3 is 1.14 bits per heavy atom. The lowest BCUT2D eigenvalue weighted by molar-refractivity contribution is -0.145. The summed E-state index contributed by atoms with van der Waals surface area (Å²) >= 11 is 0. The van der Waals surface area contributed by atoms with Gasteiger partial charge in [-0.15, -0.1) is 0 Å². The van der Waals surface area contributed by atoms with Crippen LogP contribution >= 0.6 is 0 Å². The summed E-state index contributed by atoms with van der Waals surface area (Å²) in [5.74, 6) is -6.09. The molecule has 0 N–H and O–H groups in total.